The van der Waals surface area contributed by atoms with Crippen molar-refractivity contribution in [3.8, 4) is 0 Å². The molecule has 0 saturated carbocycles. The number of halogens is 1. The van der Waals surface area contributed by atoms with Gasteiger partial charge in [-0.3, -0.25) is 4.72 Å². The third kappa shape index (κ3) is 4.13. The zero-order valence-corrected chi connectivity index (χ0v) is 13.9. The third-order valence-corrected chi connectivity index (χ3v) is 4.92. The summed E-state index contributed by atoms with van der Waals surface area (Å²) >= 11 is 8.21. The largest absolute Gasteiger partial charge is 0.389 e. The first-order valence-electron chi connectivity index (χ1n) is 5.69. The molecule has 106 valence electrons. The zero-order valence-electron chi connectivity index (χ0n) is 10.7. The molecule has 0 unspecified atom stereocenters. The van der Waals surface area contributed by atoms with Gasteiger partial charge in [0.1, 0.15) is 4.99 Å². The molecule has 8 heteroatoms. The fourth-order valence-corrected chi connectivity index (χ4v) is 3.38. The second kappa shape index (κ2) is 6.65. The second-order valence-electron chi connectivity index (χ2n) is 3.75. The summed E-state index contributed by atoms with van der Waals surface area (Å²) in [5.74, 6) is 0. The minimum atomic E-state index is -3.60. The van der Waals surface area contributed by atoms with Crippen LogP contribution < -0.4 is 10.5 Å². The Labute approximate surface area is 127 Å². The number of benzene rings is 1. The Bertz CT molecular complexity index is 571. The van der Waals surface area contributed by atoms with Crippen molar-refractivity contribution >= 4 is 49.0 Å². The van der Waals surface area contributed by atoms with E-state index >= 15 is 0 Å². The first-order valence-corrected chi connectivity index (χ1v) is 8.33. The molecule has 0 atom stereocenters. The molecule has 1 rings (SSSR count). The van der Waals surface area contributed by atoms with Crippen LogP contribution in [0.5, 0.6) is 0 Å². The standard InChI is InChI=1S/C11H16BrN3O2S2/c1-3-15(4-2)19(16,17)14-10-7-8(12)5-6-9(10)11(13)18/h5-7,14H,3-4H2,1-2H3,(H2,13,18). The molecule has 0 fully saturated rings. The van der Waals surface area contributed by atoms with Crippen LogP contribution in [0.15, 0.2) is 22.7 Å². The van der Waals surface area contributed by atoms with Gasteiger partial charge >= 0.3 is 10.2 Å². The lowest BCUT2D eigenvalue weighted by molar-refractivity contribution is 0.449. The minimum absolute atomic E-state index is 0.143. The van der Waals surface area contributed by atoms with Gasteiger partial charge in [0.2, 0.25) is 0 Å². The van der Waals surface area contributed by atoms with E-state index < -0.39 is 10.2 Å². The summed E-state index contributed by atoms with van der Waals surface area (Å²) in [6.07, 6.45) is 0. The van der Waals surface area contributed by atoms with E-state index in [4.69, 9.17) is 18.0 Å². The van der Waals surface area contributed by atoms with Crippen molar-refractivity contribution in [3.63, 3.8) is 0 Å². The van der Waals surface area contributed by atoms with E-state index in [1.54, 1.807) is 32.0 Å². The lowest BCUT2D eigenvalue weighted by Gasteiger charge is -2.20. The number of thiocarbonyl (C=S) groups is 1. The molecule has 0 spiro atoms. The van der Waals surface area contributed by atoms with Crippen LogP contribution in [-0.2, 0) is 10.2 Å². The van der Waals surface area contributed by atoms with Crippen LogP contribution in [0.25, 0.3) is 0 Å². The highest BCUT2D eigenvalue weighted by Gasteiger charge is 2.20. The monoisotopic (exact) mass is 365 g/mol. The molecule has 1 aromatic carbocycles. The van der Waals surface area contributed by atoms with Gasteiger partial charge in [0.25, 0.3) is 0 Å². The van der Waals surface area contributed by atoms with Crippen LogP contribution in [0.3, 0.4) is 0 Å². The molecule has 0 saturated heterocycles. The highest BCUT2D eigenvalue weighted by atomic mass is 79.9. The second-order valence-corrected chi connectivity index (χ2v) is 6.77. The Hall–Kier alpha value is -0.700. The van der Waals surface area contributed by atoms with E-state index in [0.717, 1.165) is 4.47 Å². The van der Waals surface area contributed by atoms with Gasteiger partial charge in [-0.1, -0.05) is 42.0 Å². The van der Waals surface area contributed by atoms with Gasteiger partial charge < -0.3 is 5.73 Å². The van der Waals surface area contributed by atoms with Crippen molar-refractivity contribution in [2.75, 3.05) is 17.8 Å². The Morgan fingerprint density at radius 3 is 2.47 bits per heavy atom. The Balaban J connectivity index is 3.18. The van der Waals surface area contributed by atoms with Crippen molar-refractivity contribution in [1.82, 2.24) is 4.31 Å². The minimum Gasteiger partial charge on any atom is -0.389 e. The summed E-state index contributed by atoms with van der Waals surface area (Å²) in [6, 6.07) is 5.06. The maximum atomic E-state index is 12.2. The van der Waals surface area contributed by atoms with Crippen LogP contribution in [-0.4, -0.2) is 30.8 Å². The summed E-state index contributed by atoms with van der Waals surface area (Å²) in [6.45, 7) is 4.33. The molecule has 0 amide bonds. The molecule has 0 radical (unpaired) electrons. The fourth-order valence-electron chi connectivity index (χ4n) is 1.58. The molecule has 0 aromatic heterocycles. The molecule has 0 heterocycles. The molecule has 0 aliphatic carbocycles. The normalized spacial score (nSPS) is 11.6. The van der Waals surface area contributed by atoms with Crippen LogP contribution in [0.2, 0.25) is 0 Å². The molecule has 0 aliphatic rings. The van der Waals surface area contributed by atoms with E-state index in [9.17, 15) is 8.42 Å². The van der Waals surface area contributed by atoms with Crippen molar-refractivity contribution in [2.24, 2.45) is 5.73 Å². The quantitative estimate of drug-likeness (QED) is 0.756. The SMILES string of the molecule is CCN(CC)S(=O)(=O)Nc1cc(Br)ccc1C(N)=S. The number of nitrogens with two attached hydrogens (primary N) is 1. The Morgan fingerprint density at radius 2 is 2.00 bits per heavy atom. The summed E-state index contributed by atoms with van der Waals surface area (Å²) in [5, 5.41) is 0. The smallest absolute Gasteiger partial charge is 0.301 e. The highest BCUT2D eigenvalue weighted by molar-refractivity contribution is 9.10. The number of nitrogens with zero attached hydrogens (tertiary/aromatic N) is 1. The molecule has 0 aliphatic heterocycles. The first kappa shape index (κ1) is 16.4. The molecule has 0 bridgehead atoms. The molecule has 3 N–H and O–H groups in total. The van der Waals surface area contributed by atoms with Crippen LogP contribution in [0.4, 0.5) is 5.69 Å². The molecular weight excluding hydrogens is 350 g/mol. The summed E-state index contributed by atoms with van der Waals surface area (Å²) in [5.41, 5.74) is 6.46. The van der Waals surface area contributed by atoms with E-state index in [1.165, 1.54) is 4.31 Å². The van der Waals surface area contributed by atoms with Crippen LogP contribution in [0, 0.1) is 0 Å². The number of rotatable bonds is 6. The van der Waals surface area contributed by atoms with E-state index in [1.807, 2.05) is 0 Å². The van der Waals surface area contributed by atoms with E-state index in [2.05, 4.69) is 20.7 Å². The van der Waals surface area contributed by atoms with Crippen molar-refractivity contribution < 1.29 is 8.42 Å². The van der Waals surface area contributed by atoms with Gasteiger partial charge in [-0.2, -0.15) is 12.7 Å². The lowest BCUT2D eigenvalue weighted by Crippen LogP contribution is -2.36. The average molecular weight is 366 g/mol. The molecular formula is C11H16BrN3O2S2. The predicted molar refractivity (Wildman–Crippen MR) is 85.5 cm³/mol. The average Bonchev–Trinajstić information content (AvgIpc) is 2.28. The van der Waals surface area contributed by atoms with Gasteiger partial charge in [0.05, 0.1) is 5.69 Å². The van der Waals surface area contributed by atoms with Crippen LogP contribution in [0.1, 0.15) is 19.4 Å². The van der Waals surface area contributed by atoms with Gasteiger partial charge in [0, 0.05) is 23.1 Å². The van der Waals surface area contributed by atoms with Crippen molar-refractivity contribution in [1.29, 1.82) is 0 Å². The highest BCUT2D eigenvalue weighted by Crippen LogP contribution is 2.23. The lowest BCUT2D eigenvalue weighted by atomic mass is 10.2. The Kier molecular flexibility index (Phi) is 5.72. The summed E-state index contributed by atoms with van der Waals surface area (Å²) in [4.78, 5) is 0.143. The van der Waals surface area contributed by atoms with E-state index in [0.29, 0.717) is 24.3 Å². The maximum absolute atomic E-state index is 12.2. The summed E-state index contributed by atoms with van der Waals surface area (Å²) in [7, 11) is -3.60. The third-order valence-electron chi connectivity index (χ3n) is 2.53. The van der Waals surface area contributed by atoms with Crippen molar-refractivity contribution in [3.05, 3.63) is 28.2 Å². The summed E-state index contributed by atoms with van der Waals surface area (Å²) < 4.78 is 28.9. The predicted octanol–water partition coefficient (Wildman–Crippen LogP) is 2.08. The Morgan fingerprint density at radius 1 is 1.42 bits per heavy atom. The number of anilines is 1. The van der Waals surface area contributed by atoms with Gasteiger partial charge in [-0.25, -0.2) is 0 Å². The molecule has 5 nitrogen and oxygen atoms in total. The maximum Gasteiger partial charge on any atom is 0.301 e. The zero-order chi connectivity index (χ0) is 14.6. The van der Waals surface area contributed by atoms with Crippen LogP contribution >= 0.6 is 28.1 Å². The topological polar surface area (TPSA) is 75.4 Å². The molecule has 1 aromatic rings. The number of hydrogen-bond donors (Lipinski definition) is 2. The number of hydrogen-bond acceptors (Lipinski definition) is 3. The first-order chi connectivity index (χ1) is 8.81. The van der Waals surface area contributed by atoms with Crippen molar-refractivity contribution in [2.45, 2.75) is 13.8 Å². The molecule has 19 heavy (non-hydrogen) atoms. The fraction of sp³-hybridized carbons (Fsp3) is 0.364. The van der Waals surface area contributed by atoms with E-state index in [-0.39, 0.29) is 4.99 Å². The van der Waals surface area contributed by atoms with Gasteiger partial charge in [-0.05, 0) is 18.2 Å². The van der Waals surface area contributed by atoms with Gasteiger partial charge in [-0.15, -0.1) is 0 Å². The number of nitrogens with one attached hydrogen (secondary N) is 1. The van der Waals surface area contributed by atoms with Gasteiger partial charge in [0.15, 0.2) is 0 Å².